The number of amides is 2. The fourth-order valence-electron chi connectivity index (χ4n) is 1.96. The van der Waals surface area contributed by atoms with Crippen LogP contribution in [0.3, 0.4) is 0 Å². The van der Waals surface area contributed by atoms with E-state index in [2.05, 4.69) is 0 Å². The minimum atomic E-state index is -0.723. The second-order valence-electron chi connectivity index (χ2n) is 4.15. The van der Waals surface area contributed by atoms with E-state index in [-0.39, 0.29) is 0 Å². The van der Waals surface area contributed by atoms with Gasteiger partial charge in [0.15, 0.2) is 0 Å². The maximum atomic E-state index is 10.4. The first kappa shape index (κ1) is 12.6. The molecule has 0 aliphatic heterocycles. The second-order valence-corrected chi connectivity index (χ2v) is 4.15. The summed E-state index contributed by atoms with van der Waals surface area (Å²) in [7, 11) is 0. The molecule has 16 heavy (non-hydrogen) atoms. The fourth-order valence-corrected chi connectivity index (χ4v) is 1.96. The Bertz CT molecular complexity index is 223. The molecule has 0 aromatic carbocycles. The largest absolute Gasteiger partial charge is 0.449 e. The van der Waals surface area contributed by atoms with Crippen molar-refractivity contribution in [3.63, 3.8) is 0 Å². The maximum Gasteiger partial charge on any atom is 0.404 e. The van der Waals surface area contributed by atoms with E-state index in [4.69, 9.17) is 20.9 Å². The lowest BCUT2D eigenvalue weighted by atomic mass is 9.83. The highest BCUT2D eigenvalue weighted by atomic mass is 16.5. The molecule has 2 amide bonds. The van der Waals surface area contributed by atoms with Gasteiger partial charge >= 0.3 is 12.2 Å². The molecular weight excluding hydrogens is 212 g/mol. The van der Waals surface area contributed by atoms with Crippen molar-refractivity contribution in [2.75, 3.05) is 13.2 Å². The smallest absolute Gasteiger partial charge is 0.404 e. The summed E-state index contributed by atoms with van der Waals surface area (Å²) >= 11 is 0. The van der Waals surface area contributed by atoms with Crippen LogP contribution in [0, 0.1) is 11.8 Å². The van der Waals surface area contributed by atoms with Crippen molar-refractivity contribution in [1.82, 2.24) is 0 Å². The summed E-state index contributed by atoms with van der Waals surface area (Å²) in [6.07, 6.45) is 2.39. The van der Waals surface area contributed by atoms with Crippen LogP contribution >= 0.6 is 0 Å². The number of nitrogens with two attached hydrogens (primary N) is 2. The molecule has 0 aromatic heterocycles. The van der Waals surface area contributed by atoms with E-state index in [1.54, 1.807) is 0 Å². The van der Waals surface area contributed by atoms with Crippen LogP contribution in [0.15, 0.2) is 0 Å². The monoisotopic (exact) mass is 230 g/mol. The van der Waals surface area contributed by atoms with Crippen molar-refractivity contribution in [2.45, 2.75) is 25.7 Å². The summed E-state index contributed by atoms with van der Waals surface area (Å²) in [4.78, 5) is 20.8. The Balaban J connectivity index is 2.13. The van der Waals surface area contributed by atoms with E-state index in [0.29, 0.717) is 25.0 Å². The van der Waals surface area contributed by atoms with Crippen molar-refractivity contribution in [1.29, 1.82) is 0 Å². The SMILES string of the molecule is NC(=O)OCC1CCC(COC(N)=O)CC1. The minimum Gasteiger partial charge on any atom is -0.449 e. The highest BCUT2D eigenvalue weighted by molar-refractivity contribution is 5.64. The molecule has 0 saturated heterocycles. The number of rotatable bonds is 4. The quantitative estimate of drug-likeness (QED) is 0.751. The van der Waals surface area contributed by atoms with Crippen LogP contribution in [-0.2, 0) is 9.47 Å². The van der Waals surface area contributed by atoms with Gasteiger partial charge in [-0.15, -0.1) is 0 Å². The van der Waals surface area contributed by atoms with E-state index in [9.17, 15) is 9.59 Å². The first-order chi connectivity index (χ1) is 7.58. The second kappa shape index (κ2) is 6.19. The van der Waals surface area contributed by atoms with Gasteiger partial charge < -0.3 is 20.9 Å². The van der Waals surface area contributed by atoms with Gasteiger partial charge in [0.05, 0.1) is 13.2 Å². The molecule has 0 unspecified atom stereocenters. The lowest BCUT2D eigenvalue weighted by molar-refractivity contribution is 0.0922. The Morgan fingerprint density at radius 1 is 0.875 bits per heavy atom. The molecule has 1 fully saturated rings. The number of carbonyl (C=O) groups is 2. The highest BCUT2D eigenvalue weighted by Crippen LogP contribution is 2.29. The van der Waals surface area contributed by atoms with Gasteiger partial charge in [-0.3, -0.25) is 0 Å². The van der Waals surface area contributed by atoms with Crippen molar-refractivity contribution in [2.24, 2.45) is 23.3 Å². The molecule has 1 rings (SSSR count). The summed E-state index contributed by atoms with van der Waals surface area (Å²) in [6.45, 7) is 0.775. The standard InChI is InChI=1S/C10H18N2O4/c11-9(13)15-5-7-1-2-8(4-3-7)6-16-10(12)14/h7-8H,1-6H2,(H2,11,13)(H2,12,14). The zero-order valence-corrected chi connectivity index (χ0v) is 9.19. The lowest BCUT2D eigenvalue weighted by Gasteiger charge is -2.27. The molecule has 1 aliphatic carbocycles. The van der Waals surface area contributed by atoms with Crippen LogP contribution in [0.2, 0.25) is 0 Å². The summed E-state index contributed by atoms with van der Waals surface area (Å²) in [5.41, 5.74) is 9.77. The zero-order valence-electron chi connectivity index (χ0n) is 9.19. The van der Waals surface area contributed by atoms with E-state index in [0.717, 1.165) is 25.7 Å². The van der Waals surface area contributed by atoms with E-state index >= 15 is 0 Å². The first-order valence-corrected chi connectivity index (χ1v) is 5.42. The van der Waals surface area contributed by atoms with Gasteiger partial charge in [-0.1, -0.05) is 0 Å². The van der Waals surface area contributed by atoms with Gasteiger partial charge in [-0.25, -0.2) is 9.59 Å². The molecule has 1 saturated carbocycles. The van der Waals surface area contributed by atoms with Crippen molar-refractivity contribution >= 4 is 12.2 Å². The third kappa shape index (κ3) is 4.86. The predicted octanol–water partition coefficient (Wildman–Crippen LogP) is 0.983. The number of ether oxygens (including phenoxy) is 2. The molecule has 0 spiro atoms. The van der Waals surface area contributed by atoms with Crippen LogP contribution in [0.25, 0.3) is 0 Å². The van der Waals surface area contributed by atoms with Gasteiger partial charge in [0.25, 0.3) is 0 Å². The van der Waals surface area contributed by atoms with Crippen LogP contribution in [0.5, 0.6) is 0 Å². The van der Waals surface area contributed by atoms with Gasteiger partial charge in [0, 0.05) is 0 Å². The van der Waals surface area contributed by atoms with Crippen LogP contribution in [0.1, 0.15) is 25.7 Å². The summed E-state index contributed by atoms with van der Waals surface area (Å²) in [5, 5.41) is 0. The Morgan fingerprint density at radius 3 is 1.44 bits per heavy atom. The number of primary amides is 2. The van der Waals surface area contributed by atoms with Crippen LogP contribution < -0.4 is 11.5 Å². The van der Waals surface area contributed by atoms with Crippen LogP contribution in [-0.4, -0.2) is 25.4 Å². The van der Waals surface area contributed by atoms with Gasteiger partial charge in [0.1, 0.15) is 0 Å². The average Bonchev–Trinajstić information content (AvgIpc) is 2.25. The third-order valence-electron chi connectivity index (χ3n) is 2.89. The zero-order chi connectivity index (χ0) is 12.0. The fraction of sp³-hybridized carbons (Fsp3) is 0.800. The lowest BCUT2D eigenvalue weighted by Crippen LogP contribution is -2.26. The van der Waals surface area contributed by atoms with E-state index in [1.165, 1.54) is 0 Å². The molecule has 1 aliphatic rings. The minimum absolute atomic E-state index is 0.373. The Hall–Kier alpha value is -1.46. The third-order valence-corrected chi connectivity index (χ3v) is 2.89. The van der Waals surface area contributed by atoms with Crippen molar-refractivity contribution in [3.8, 4) is 0 Å². The maximum absolute atomic E-state index is 10.4. The normalized spacial score (nSPS) is 24.8. The summed E-state index contributed by atoms with van der Waals surface area (Å²) in [6, 6.07) is 0. The van der Waals surface area contributed by atoms with Crippen molar-refractivity contribution < 1.29 is 19.1 Å². The molecule has 4 N–H and O–H groups in total. The number of carbonyl (C=O) groups excluding carboxylic acids is 2. The molecule has 0 atom stereocenters. The molecule has 0 bridgehead atoms. The molecular formula is C10H18N2O4. The van der Waals surface area contributed by atoms with Gasteiger partial charge in [-0.05, 0) is 37.5 Å². The van der Waals surface area contributed by atoms with Crippen LogP contribution in [0.4, 0.5) is 9.59 Å². The van der Waals surface area contributed by atoms with E-state index in [1.807, 2.05) is 0 Å². The van der Waals surface area contributed by atoms with Crippen molar-refractivity contribution in [3.05, 3.63) is 0 Å². The Kier molecular flexibility index (Phi) is 4.88. The summed E-state index contributed by atoms with van der Waals surface area (Å²) in [5.74, 6) is 0.745. The number of hydrogen-bond acceptors (Lipinski definition) is 4. The molecule has 92 valence electrons. The number of hydrogen-bond donors (Lipinski definition) is 2. The molecule has 0 radical (unpaired) electrons. The first-order valence-electron chi connectivity index (χ1n) is 5.42. The summed E-state index contributed by atoms with van der Waals surface area (Å²) < 4.78 is 9.50. The molecule has 0 heterocycles. The average molecular weight is 230 g/mol. The molecule has 6 heteroatoms. The Labute approximate surface area is 94.2 Å². The molecule has 6 nitrogen and oxygen atoms in total. The topological polar surface area (TPSA) is 105 Å². The van der Waals surface area contributed by atoms with Gasteiger partial charge in [-0.2, -0.15) is 0 Å². The van der Waals surface area contributed by atoms with E-state index < -0.39 is 12.2 Å². The molecule has 0 aromatic rings. The van der Waals surface area contributed by atoms with Gasteiger partial charge in [0.2, 0.25) is 0 Å². The highest BCUT2D eigenvalue weighted by Gasteiger charge is 2.22. The predicted molar refractivity (Wildman–Crippen MR) is 56.5 cm³/mol. The Morgan fingerprint density at radius 2 is 1.19 bits per heavy atom.